The molecule has 0 aliphatic rings. The molecule has 0 atom stereocenters. The molecule has 82 valence electrons. The van der Waals surface area contributed by atoms with Crippen molar-refractivity contribution >= 4 is 0 Å². The van der Waals surface area contributed by atoms with Crippen molar-refractivity contribution in [3.63, 3.8) is 0 Å². The van der Waals surface area contributed by atoms with E-state index in [1.54, 1.807) is 0 Å². The van der Waals surface area contributed by atoms with E-state index in [4.69, 9.17) is 11.5 Å². The highest BCUT2D eigenvalue weighted by molar-refractivity contribution is 4.42. The van der Waals surface area contributed by atoms with Gasteiger partial charge in [0, 0.05) is 0 Å². The van der Waals surface area contributed by atoms with Crippen molar-refractivity contribution < 1.29 is 0 Å². The maximum absolute atomic E-state index is 5.25. The van der Waals surface area contributed by atoms with Gasteiger partial charge < -0.3 is 21.7 Å². The lowest BCUT2D eigenvalue weighted by Gasteiger charge is -2.05. The highest BCUT2D eigenvalue weighted by Crippen LogP contribution is 1.76. The van der Waals surface area contributed by atoms with Crippen LogP contribution in [-0.4, -0.2) is 52.2 Å². The summed E-state index contributed by atoms with van der Waals surface area (Å²) in [6.45, 7) is 3.74. The lowest BCUT2D eigenvalue weighted by atomic mass is 10.4. The second kappa shape index (κ2) is 14.4. The molecular weight excluding hydrogens is 164 g/mol. The molecule has 0 amide bonds. The van der Waals surface area contributed by atoms with Crippen molar-refractivity contribution in [1.29, 1.82) is 0 Å². The number of hydrogen-bond acceptors (Lipinski definition) is 4. The van der Waals surface area contributed by atoms with Crippen molar-refractivity contribution in [2.24, 2.45) is 11.5 Å². The minimum Gasteiger partial charge on any atom is -0.330 e. The molecule has 0 saturated carbocycles. The Labute approximate surface area is 82.7 Å². The SMILES string of the molecule is CN(C)CCCN.CNCCCN. The van der Waals surface area contributed by atoms with Gasteiger partial charge in [-0.25, -0.2) is 0 Å². The first-order valence-corrected chi connectivity index (χ1v) is 4.88. The van der Waals surface area contributed by atoms with Crippen molar-refractivity contribution in [3.05, 3.63) is 0 Å². The van der Waals surface area contributed by atoms with Crippen LogP contribution in [0, 0.1) is 0 Å². The van der Waals surface area contributed by atoms with Gasteiger partial charge in [-0.3, -0.25) is 0 Å². The number of nitrogens with one attached hydrogen (secondary N) is 1. The molecule has 0 radical (unpaired) electrons. The largest absolute Gasteiger partial charge is 0.330 e. The first kappa shape index (κ1) is 15.3. The molecule has 0 rings (SSSR count). The van der Waals surface area contributed by atoms with Crippen LogP contribution in [0.4, 0.5) is 0 Å². The molecule has 0 saturated heterocycles. The van der Waals surface area contributed by atoms with E-state index in [9.17, 15) is 0 Å². The predicted molar refractivity (Wildman–Crippen MR) is 59.8 cm³/mol. The second-order valence-corrected chi connectivity index (χ2v) is 3.19. The molecule has 0 aliphatic carbocycles. The quantitative estimate of drug-likeness (QED) is 0.492. The smallest absolute Gasteiger partial charge is 0.00128 e. The molecule has 4 nitrogen and oxygen atoms in total. The average molecular weight is 190 g/mol. The van der Waals surface area contributed by atoms with Crippen molar-refractivity contribution in [3.8, 4) is 0 Å². The van der Waals surface area contributed by atoms with Crippen LogP contribution in [0.5, 0.6) is 0 Å². The highest BCUT2D eigenvalue weighted by Gasteiger charge is 1.83. The second-order valence-electron chi connectivity index (χ2n) is 3.19. The Balaban J connectivity index is 0. The molecule has 0 aromatic heterocycles. The minimum absolute atomic E-state index is 0.792. The van der Waals surface area contributed by atoms with Crippen molar-refractivity contribution in [2.75, 3.05) is 47.3 Å². The molecule has 0 heterocycles. The zero-order valence-electron chi connectivity index (χ0n) is 9.34. The third kappa shape index (κ3) is 24.5. The maximum atomic E-state index is 5.25. The minimum atomic E-state index is 0.792. The molecule has 5 N–H and O–H groups in total. The van der Waals surface area contributed by atoms with Crippen LogP contribution in [0.15, 0.2) is 0 Å². The third-order valence-electron chi connectivity index (χ3n) is 1.44. The fourth-order valence-electron chi connectivity index (χ4n) is 0.686. The first-order valence-electron chi connectivity index (χ1n) is 4.88. The van der Waals surface area contributed by atoms with Crippen LogP contribution in [0.2, 0.25) is 0 Å². The van der Waals surface area contributed by atoms with Gasteiger partial charge >= 0.3 is 0 Å². The molecule has 0 aliphatic heterocycles. The van der Waals surface area contributed by atoms with E-state index in [0.717, 1.165) is 39.0 Å². The van der Waals surface area contributed by atoms with Gasteiger partial charge in [-0.05, 0) is 60.2 Å². The fourth-order valence-corrected chi connectivity index (χ4v) is 0.686. The van der Waals surface area contributed by atoms with E-state index in [0.29, 0.717) is 0 Å². The molecule has 0 unspecified atom stereocenters. The number of nitrogens with zero attached hydrogens (tertiary/aromatic N) is 1. The van der Waals surface area contributed by atoms with Gasteiger partial charge in [0.25, 0.3) is 0 Å². The van der Waals surface area contributed by atoms with Crippen LogP contribution >= 0.6 is 0 Å². The fraction of sp³-hybridized carbons (Fsp3) is 1.00. The Morgan fingerprint density at radius 2 is 1.62 bits per heavy atom. The van der Waals surface area contributed by atoms with Crippen LogP contribution in [0.25, 0.3) is 0 Å². The van der Waals surface area contributed by atoms with E-state index < -0.39 is 0 Å². The zero-order valence-corrected chi connectivity index (χ0v) is 9.34. The molecule has 0 aromatic rings. The molecule has 0 aromatic carbocycles. The Hall–Kier alpha value is -0.160. The molecule has 4 heteroatoms. The topological polar surface area (TPSA) is 67.3 Å². The van der Waals surface area contributed by atoms with Gasteiger partial charge in [-0.2, -0.15) is 0 Å². The summed E-state index contributed by atoms with van der Waals surface area (Å²) in [6, 6.07) is 0. The van der Waals surface area contributed by atoms with Gasteiger partial charge in [-0.1, -0.05) is 0 Å². The summed E-state index contributed by atoms with van der Waals surface area (Å²) in [6.07, 6.45) is 2.18. The maximum Gasteiger partial charge on any atom is -0.00128 e. The van der Waals surface area contributed by atoms with Crippen molar-refractivity contribution in [1.82, 2.24) is 10.2 Å². The summed E-state index contributed by atoms with van der Waals surface area (Å²) in [7, 11) is 6.03. The third-order valence-corrected chi connectivity index (χ3v) is 1.44. The summed E-state index contributed by atoms with van der Waals surface area (Å²) >= 11 is 0. The first-order chi connectivity index (χ1) is 6.18. The lowest BCUT2D eigenvalue weighted by Crippen LogP contribution is -2.16. The van der Waals surface area contributed by atoms with Gasteiger partial charge in [-0.15, -0.1) is 0 Å². The zero-order chi connectivity index (χ0) is 10.5. The monoisotopic (exact) mass is 190 g/mol. The summed E-state index contributed by atoms with van der Waals surface area (Å²) in [5.41, 5.74) is 10.4. The predicted octanol–water partition coefficient (Wildman–Crippen LogP) is -0.549. The van der Waals surface area contributed by atoms with Gasteiger partial charge in [0.05, 0.1) is 0 Å². The van der Waals surface area contributed by atoms with E-state index in [1.807, 2.05) is 7.05 Å². The number of rotatable bonds is 6. The van der Waals surface area contributed by atoms with E-state index in [2.05, 4.69) is 24.3 Å². The number of hydrogen-bond donors (Lipinski definition) is 3. The molecular formula is C9H26N4. The summed E-state index contributed by atoms with van der Waals surface area (Å²) in [4.78, 5) is 2.13. The summed E-state index contributed by atoms with van der Waals surface area (Å²) < 4.78 is 0. The normalized spacial score (nSPS) is 9.69. The van der Waals surface area contributed by atoms with Crippen LogP contribution in [0.1, 0.15) is 12.8 Å². The van der Waals surface area contributed by atoms with Crippen LogP contribution in [-0.2, 0) is 0 Å². The highest BCUT2D eigenvalue weighted by atomic mass is 15.0. The molecule has 13 heavy (non-hydrogen) atoms. The van der Waals surface area contributed by atoms with E-state index in [-0.39, 0.29) is 0 Å². The van der Waals surface area contributed by atoms with Gasteiger partial charge in [0.15, 0.2) is 0 Å². The summed E-state index contributed by atoms with van der Waals surface area (Å²) in [5, 5.41) is 2.99. The van der Waals surface area contributed by atoms with Crippen molar-refractivity contribution in [2.45, 2.75) is 12.8 Å². The average Bonchev–Trinajstić information content (AvgIpc) is 2.12. The van der Waals surface area contributed by atoms with Crippen LogP contribution < -0.4 is 16.8 Å². The van der Waals surface area contributed by atoms with E-state index >= 15 is 0 Å². The summed E-state index contributed by atoms with van der Waals surface area (Å²) in [5.74, 6) is 0. The van der Waals surface area contributed by atoms with Crippen LogP contribution in [0.3, 0.4) is 0 Å². The van der Waals surface area contributed by atoms with Gasteiger partial charge in [0.2, 0.25) is 0 Å². The Morgan fingerprint density at radius 1 is 1.08 bits per heavy atom. The van der Waals surface area contributed by atoms with E-state index in [1.165, 1.54) is 0 Å². The standard InChI is InChI=1S/C5H14N2.C4H12N2/c1-7(2)5-3-4-6;1-6-4-2-3-5/h3-6H2,1-2H3;6H,2-5H2,1H3. The molecule has 0 bridgehead atoms. The lowest BCUT2D eigenvalue weighted by molar-refractivity contribution is 0.403. The Kier molecular flexibility index (Phi) is 16.9. The van der Waals surface area contributed by atoms with Gasteiger partial charge in [0.1, 0.15) is 0 Å². The number of nitrogens with two attached hydrogens (primary N) is 2. The Morgan fingerprint density at radius 3 is 1.77 bits per heavy atom. The molecule has 0 fully saturated rings. The molecule has 0 spiro atoms. The Bertz CT molecular complexity index is 72.0.